The topological polar surface area (TPSA) is 55.8 Å². The van der Waals surface area contributed by atoms with Gasteiger partial charge in [0.1, 0.15) is 0 Å². The van der Waals surface area contributed by atoms with Crippen molar-refractivity contribution >= 4 is 16.4 Å². The molecule has 0 spiro atoms. The van der Waals surface area contributed by atoms with Crippen LogP contribution in [0.25, 0.3) is 0 Å². The van der Waals surface area contributed by atoms with Crippen molar-refractivity contribution in [1.82, 2.24) is 0 Å². The van der Waals surface area contributed by atoms with Crippen molar-refractivity contribution in [2.45, 2.75) is 39.5 Å². The number of unbranched alkanes of at least 4 members (excludes halogenated alkanes) is 2. The van der Waals surface area contributed by atoms with E-state index in [4.69, 9.17) is 4.89 Å². The number of rotatable bonds is 8. The van der Waals surface area contributed by atoms with Gasteiger partial charge >= 0.3 is 7.82 Å². The van der Waals surface area contributed by atoms with Gasteiger partial charge in [-0.05, 0) is 25.2 Å². The van der Waals surface area contributed by atoms with Crippen LogP contribution >= 0.6 is 16.4 Å². The molecule has 0 aliphatic carbocycles. The predicted molar refractivity (Wildman–Crippen MR) is 71.7 cm³/mol. The maximum atomic E-state index is 10.1. The van der Waals surface area contributed by atoms with E-state index in [1.54, 1.807) is 0 Å². The molecule has 0 bridgehead atoms. The third kappa shape index (κ3) is 17.0. The lowest BCUT2D eigenvalue weighted by Crippen LogP contribution is -1.83. The minimum absolute atomic E-state index is 1.10. The zero-order valence-electron chi connectivity index (χ0n) is 10.9. The second kappa shape index (κ2) is 13.6. The molecule has 0 saturated heterocycles. The number of hydrogen-bond donors (Lipinski definition) is 1. The maximum Gasteiger partial charge on any atom is 0.471 e. The van der Waals surface area contributed by atoms with E-state index in [9.17, 15) is 4.57 Å². The Bertz CT molecular complexity index is 162. The van der Waals surface area contributed by atoms with Crippen LogP contribution in [0, 0.1) is 0 Å². The van der Waals surface area contributed by atoms with E-state index in [0.29, 0.717) is 0 Å². The molecule has 0 aromatic rings. The summed E-state index contributed by atoms with van der Waals surface area (Å²) >= 11 is 0. The van der Waals surface area contributed by atoms with Crippen molar-refractivity contribution in [1.29, 1.82) is 0 Å². The molecule has 0 aromatic carbocycles. The van der Waals surface area contributed by atoms with Crippen LogP contribution in [0.1, 0.15) is 39.5 Å². The average Bonchev–Trinajstić information content (AvgIpc) is 2.30. The molecule has 100 valence electrons. The van der Waals surface area contributed by atoms with Crippen molar-refractivity contribution in [3.8, 4) is 0 Å². The lowest BCUT2D eigenvalue weighted by Gasteiger charge is -2.01. The Morgan fingerprint density at radius 1 is 1.06 bits per heavy atom. The quantitative estimate of drug-likeness (QED) is 0.541. The maximum absolute atomic E-state index is 10.1. The SMILES string of the molecule is CCCCPCCCC.COP(=O)(O)OC. The standard InChI is InChI=1S/C8H19P.C2H7O4P/c1-3-5-7-9-8-6-4-2;1-5-7(3,4)6-2/h9H,3-8H2,1-2H3;1-2H3,(H,3,4). The van der Waals surface area contributed by atoms with E-state index in [1.807, 2.05) is 0 Å². The number of phosphoric acid groups is 1. The van der Waals surface area contributed by atoms with Crippen molar-refractivity contribution in [3.05, 3.63) is 0 Å². The summed E-state index contributed by atoms with van der Waals surface area (Å²) in [5.74, 6) is 0. The smallest absolute Gasteiger partial charge is 0.303 e. The first-order valence-electron chi connectivity index (χ1n) is 5.69. The van der Waals surface area contributed by atoms with Gasteiger partial charge in [0, 0.05) is 14.2 Å². The monoisotopic (exact) mass is 272 g/mol. The normalized spacial score (nSPS) is 10.8. The molecule has 0 aliphatic rings. The molecular weight excluding hydrogens is 246 g/mol. The lowest BCUT2D eigenvalue weighted by atomic mass is 10.4. The Kier molecular flexibility index (Phi) is 16.1. The fourth-order valence-electron chi connectivity index (χ4n) is 0.803. The van der Waals surface area contributed by atoms with Crippen LogP contribution < -0.4 is 0 Å². The largest absolute Gasteiger partial charge is 0.471 e. The summed E-state index contributed by atoms with van der Waals surface area (Å²) in [6.45, 7) is 4.54. The molecule has 0 amide bonds. The third-order valence-electron chi connectivity index (χ3n) is 1.88. The summed E-state index contributed by atoms with van der Waals surface area (Å²) < 4.78 is 18.0. The molecule has 0 unspecified atom stereocenters. The van der Waals surface area contributed by atoms with Crippen molar-refractivity contribution in [3.63, 3.8) is 0 Å². The van der Waals surface area contributed by atoms with Gasteiger partial charge in [0.15, 0.2) is 0 Å². The van der Waals surface area contributed by atoms with E-state index in [-0.39, 0.29) is 0 Å². The molecule has 0 atom stereocenters. The molecule has 1 N–H and O–H groups in total. The van der Waals surface area contributed by atoms with Gasteiger partial charge in [-0.15, -0.1) is 8.58 Å². The van der Waals surface area contributed by atoms with Crippen molar-refractivity contribution in [2.24, 2.45) is 0 Å². The highest BCUT2D eigenvalue weighted by Gasteiger charge is 2.13. The van der Waals surface area contributed by atoms with Gasteiger partial charge in [0.2, 0.25) is 0 Å². The second-order valence-electron chi connectivity index (χ2n) is 3.29. The number of phosphoric ester groups is 1. The summed E-state index contributed by atoms with van der Waals surface area (Å²) in [5, 5.41) is 0. The van der Waals surface area contributed by atoms with E-state index < -0.39 is 7.82 Å². The molecule has 0 saturated carbocycles. The Labute approximate surface area is 102 Å². The Hall–Kier alpha value is 0.540. The van der Waals surface area contributed by atoms with E-state index in [1.165, 1.54) is 46.6 Å². The van der Waals surface area contributed by atoms with Crippen LogP contribution in [-0.2, 0) is 13.6 Å². The minimum Gasteiger partial charge on any atom is -0.303 e. The molecule has 0 radical (unpaired) electrons. The Morgan fingerprint density at radius 3 is 1.62 bits per heavy atom. The van der Waals surface area contributed by atoms with Crippen LogP contribution in [0.5, 0.6) is 0 Å². The summed E-state index contributed by atoms with van der Waals surface area (Å²) in [6, 6.07) is 0. The van der Waals surface area contributed by atoms with Crippen LogP contribution in [-0.4, -0.2) is 31.4 Å². The van der Waals surface area contributed by atoms with Crippen molar-refractivity contribution < 1.29 is 18.5 Å². The Balaban J connectivity index is 0. The summed E-state index contributed by atoms with van der Waals surface area (Å²) in [6.07, 6.45) is 8.61. The molecule has 4 nitrogen and oxygen atoms in total. The van der Waals surface area contributed by atoms with E-state index >= 15 is 0 Å². The molecule has 0 heterocycles. The predicted octanol–water partition coefficient (Wildman–Crippen LogP) is 3.64. The van der Waals surface area contributed by atoms with Gasteiger partial charge in [-0.2, -0.15) is 0 Å². The lowest BCUT2D eigenvalue weighted by molar-refractivity contribution is 0.204. The van der Waals surface area contributed by atoms with Gasteiger partial charge in [-0.25, -0.2) is 4.57 Å². The molecule has 0 fully saturated rings. The zero-order valence-corrected chi connectivity index (χ0v) is 12.8. The third-order valence-corrected chi connectivity index (χ3v) is 4.21. The molecule has 0 aliphatic heterocycles. The van der Waals surface area contributed by atoms with Crippen LogP contribution in [0.15, 0.2) is 0 Å². The number of hydrogen-bond acceptors (Lipinski definition) is 3. The van der Waals surface area contributed by atoms with Crippen LogP contribution in [0.3, 0.4) is 0 Å². The highest BCUT2D eigenvalue weighted by Crippen LogP contribution is 2.40. The zero-order chi connectivity index (χ0) is 12.9. The van der Waals surface area contributed by atoms with Gasteiger partial charge in [0.25, 0.3) is 0 Å². The van der Waals surface area contributed by atoms with Gasteiger partial charge in [-0.1, -0.05) is 26.7 Å². The summed E-state index contributed by atoms with van der Waals surface area (Å²) in [5.41, 5.74) is 0. The van der Waals surface area contributed by atoms with E-state index in [0.717, 1.165) is 14.2 Å². The highest BCUT2D eigenvalue weighted by molar-refractivity contribution is 7.47. The van der Waals surface area contributed by atoms with Crippen LogP contribution in [0.4, 0.5) is 0 Å². The fourth-order valence-corrected chi connectivity index (χ4v) is 2.41. The second-order valence-corrected chi connectivity index (χ2v) is 6.46. The molecule has 6 heteroatoms. The first-order chi connectivity index (χ1) is 7.54. The van der Waals surface area contributed by atoms with Crippen molar-refractivity contribution in [2.75, 3.05) is 26.5 Å². The molecule has 0 aromatic heterocycles. The minimum atomic E-state index is -3.65. The first-order valence-corrected chi connectivity index (χ1v) is 8.60. The van der Waals surface area contributed by atoms with Gasteiger partial charge in [0.05, 0.1) is 0 Å². The van der Waals surface area contributed by atoms with E-state index in [2.05, 4.69) is 22.9 Å². The summed E-state index contributed by atoms with van der Waals surface area (Å²) in [7, 11) is -0.206. The molecular formula is C10H26O4P2. The first kappa shape index (κ1) is 18.9. The fraction of sp³-hybridized carbons (Fsp3) is 1.00. The average molecular weight is 272 g/mol. The molecule has 0 rings (SSSR count). The summed E-state index contributed by atoms with van der Waals surface area (Å²) in [4.78, 5) is 8.24. The van der Waals surface area contributed by atoms with Crippen LogP contribution in [0.2, 0.25) is 0 Å². The Morgan fingerprint density at radius 2 is 1.44 bits per heavy atom. The van der Waals surface area contributed by atoms with Gasteiger partial charge in [-0.3, -0.25) is 9.05 Å². The highest BCUT2D eigenvalue weighted by atomic mass is 31.2. The van der Waals surface area contributed by atoms with Gasteiger partial charge < -0.3 is 4.89 Å². The molecule has 16 heavy (non-hydrogen) atoms.